The van der Waals surface area contributed by atoms with Gasteiger partial charge in [0, 0.05) is 29.7 Å². The van der Waals surface area contributed by atoms with E-state index in [9.17, 15) is 9.59 Å². The van der Waals surface area contributed by atoms with E-state index in [1.807, 2.05) is 36.4 Å². The molecule has 25 heavy (non-hydrogen) atoms. The smallest absolute Gasteiger partial charge is 0.272 e. The average Bonchev–Trinajstić information content (AvgIpc) is 2.63. The van der Waals surface area contributed by atoms with Crippen molar-refractivity contribution in [2.24, 2.45) is 0 Å². The molecule has 2 aromatic carbocycles. The maximum atomic E-state index is 11.9. The molecular weight excluding hydrogens is 318 g/mol. The van der Waals surface area contributed by atoms with Gasteiger partial charge in [0.1, 0.15) is 0 Å². The molecule has 3 N–H and O–H groups in total. The van der Waals surface area contributed by atoms with Crippen LogP contribution in [-0.2, 0) is 4.79 Å². The van der Waals surface area contributed by atoms with Crippen molar-refractivity contribution in [2.75, 3.05) is 11.9 Å². The Kier molecular flexibility index (Phi) is 5.20. The Hall–Kier alpha value is -2.99. The number of aromatic nitrogens is 2. The second-order valence-electron chi connectivity index (χ2n) is 5.76. The van der Waals surface area contributed by atoms with E-state index in [2.05, 4.69) is 15.5 Å². The number of aliphatic hydroxyl groups excluding tert-OH is 1. The van der Waals surface area contributed by atoms with E-state index in [0.717, 1.165) is 10.9 Å². The molecule has 1 aromatic heterocycles. The first kappa shape index (κ1) is 16.9. The molecular formula is C19H19N3O3. The zero-order chi connectivity index (χ0) is 17.6. The molecule has 0 bridgehead atoms. The normalized spacial score (nSPS) is 10.8. The lowest BCUT2D eigenvalue weighted by Crippen LogP contribution is -2.11. The maximum Gasteiger partial charge on any atom is 0.272 e. The van der Waals surface area contributed by atoms with E-state index in [1.54, 1.807) is 12.1 Å². The summed E-state index contributed by atoms with van der Waals surface area (Å²) in [6.45, 7) is 0.0910. The van der Waals surface area contributed by atoms with Gasteiger partial charge in [0.2, 0.25) is 5.91 Å². The lowest BCUT2D eigenvalue weighted by molar-refractivity contribution is -0.116. The molecule has 0 aliphatic carbocycles. The van der Waals surface area contributed by atoms with Crippen molar-refractivity contribution in [3.05, 3.63) is 58.9 Å². The molecule has 0 radical (unpaired) electrons. The number of fused-ring (bicyclic) bond motifs is 1. The number of carbonyl (C=O) groups excluding carboxylic acids is 1. The van der Waals surface area contributed by atoms with E-state index in [-0.39, 0.29) is 18.1 Å². The highest BCUT2D eigenvalue weighted by molar-refractivity contribution is 5.95. The minimum atomic E-state index is -0.229. The van der Waals surface area contributed by atoms with Crippen molar-refractivity contribution in [1.29, 1.82) is 0 Å². The van der Waals surface area contributed by atoms with Crippen LogP contribution in [0.2, 0.25) is 0 Å². The van der Waals surface area contributed by atoms with E-state index in [0.29, 0.717) is 36.0 Å². The maximum absolute atomic E-state index is 11.9. The molecule has 0 saturated carbocycles. The number of amides is 1. The molecule has 6 heteroatoms. The standard InChI is InChI=1S/C19H19N3O3/c23-11-4-3-10-17(24)20-14-7-5-6-13(12-14)18-15-8-1-2-9-16(15)19(25)22-21-18/h1-2,5-9,12,23H,3-4,10-11H2,(H,20,24)(H,22,25). The molecule has 0 aliphatic rings. The first-order valence-corrected chi connectivity index (χ1v) is 8.17. The van der Waals surface area contributed by atoms with Gasteiger partial charge in [-0.05, 0) is 31.0 Å². The van der Waals surface area contributed by atoms with Crippen molar-refractivity contribution in [3.8, 4) is 11.3 Å². The number of aromatic amines is 1. The molecule has 0 aliphatic heterocycles. The molecule has 3 rings (SSSR count). The van der Waals surface area contributed by atoms with Gasteiger partial charge >= 0.3 is 0 Å². The number of nitrogens with one attached hydrogen (secondary N) is 2. The van der Waals surface area contributed by atoms with Crippen molar-refractivity contribution in [1.82, 2.24) is 10.2 Å². The Labute approximate surface area is 144 Å². The van der Waals surface area contributed by atoms with Crippen LogP contribution in [0, 0.1) is 0 Å². The predicted octanol–water partition coefficient (Wildman–Crippen LogP) is 2.69. The third-order valence-corrected chi connectivity index (χ3v) is 3.93. The SMILES string of the molecule is O=C(CCCCO)Nc1cccc(-c2n[nH]c(=O)c3ccccc23)c1. The van der Waals surface area contributed by atoms with E-state index >= 15 is 0 Å². The number of anilines is 1. The summed E-state index contributed by atoms with van der Waals surface area (Å²) in [6.07, 6.45) is 1.62. The highest BCUT2D eigenvalue weighted by Gasteiger charge is 2.09. The lowest BCUT2D eigenvalue weighted by atomic mass is 10.0. The summed E-state index contributed by atoms with van der Waals surface area (Å²) in [5.74, 6) is -0.0927. The van der Waals surface area contributed by atoms with Crippen LogP contribution in [0.25, 0.3) is 22.0 Å². The van der Waals surface area contributed by atoms with Gasteiger partial charge in [-0.15, -0.1) is 0 Å². The first-order valence-electron chi connectivity index (χ1n) is 8.17. The van der Waals surface area contributed by atoms with Crippen LogP contribution in [-0.4, -0.2) is 27.8 Å². The molecule has 0 spiro atoms. The summed E-state index contributed by atoms with van der Waals surface area (Å²) in [6, 6.07) is 14.6. The van der Waals surface area contributed by atoms with Crippen molar-refractivity contribution in [2.45, 2.75) is 19.3 Å². The van der Waals surface area contributed by atoms with Crippen LogP contribution in [0.1, 0.15) is 19.3 Å². The Morgan fingerprint density at radius 3 is 2.68 bits per heavy atom. The molecule has 0 fully saturated rings. The average molecular weight is 337 g/mol. The summed E-state index contributed by atoms with van der Waals surface area (Å²) in [4.78, 5) is 23.8. The van der Waals surface area contributed by atoms with Gasteiger partial charge in [-0.3, -0.25) is 9.59 Å². The van der Waals surface area contributed by atoms with E-state index < -0.39 is 0 Å². The zero-order valence-corrected chi connectivity index (χ0v) is 13.7. The van der Waals surface area contributed by atoms with Gasteiger partial charge in [-0.1, -0.05) is 30.3 Å². The van der Waals surface area contributed by atoms with E-state index in [1.165, 1.54) is 0 Å². The molecule has 0 unspecified atom stereocenters. The van der Waals surface area contributed by atoms with Crippen molar-refractivity contribution < 1.29 is 9.90 Å². The van der Waals surface area contributed by atoms with Crippen LogP contribution in [0.3, 0.4) is 0 Å². The fraction of sp³-hybridized carbons (Fsp3) is 0.211. The highest BCUT2D eigenvalue weighted by atomic mass is 16.3. The quantitative estimate of drug-likeness (QED) is 0.603. The number of H-pyrrole nitrogens is 1. The minimum Gasteiger partial charge on any atom is -0.396 e. The number of aliphatic hydroxyl groups is 1. The Morgan fingerprint density at radius 1 is 1.08 bits per heavy atom. The first-order chi connectivity index (χ1) is 12.2. The van der Waals surface area contributed by atoms with Crippen molar-refractivity contribution in [3.63, 3.8) is 0 Å². The summed E-state index contributed by atoms with van der Waals surface area (Å²) in [7, 11) is 0. The summed E-state index contributed by atoms with van der Waals surface area (Å²) >= 11 is 0. The number of hydrogen-bond donors (Lipinski definition) is 3. The number of carbonyl (C=O) groups is 1. The third-order valence-electron chi connectivity index (χ3n) is 3.93. The topological polar surface area (TPSA) is 95.1 Å². The molecule has 1 amide bonds. The lowest BCUT2D eigenvalue weighted by Gasteiger charge is -2.09. The molecule has 128 valence electrons. The van der Waals surface area contributed by atoms with Crippen LogP contribution < -0.4 is 10.9 Å². The number of nitrogens with zero attached hydrogens (tertiary/aromatic N) is 1. The molecule has 0 saturated heterocycles. The number of unbranched alkanes of at least 4 members (excludes halogenated alkanes) is 1. The van der Waals surface area contributed by atoms with Gasteiger partial charge in [-0.25, -0.2) is 5.10 Å². The Balaban J connectivity index is 1.89. The highest BCUT2D eigenvalue weighted by Crippen LogP contribution is 2.26. The summed E-state index contributed by atoms with van der Waals surface area (Å²) in [5, 5.41) is 19.7. The second-order valence-corrected chi connectivity index (χ2v) is 5.76. The van der Waals surface area contributed by atoms with Gasteiger partial charge in [-0.2, -0.15) is 5.10 Å². The van der Waals surface area contributed by atoms with Gasteiger partial charge in [0.05, 0.1) is 11.1 Å². The number of rotatable bonds is 6. The van der Waals surface area contributed by atoms with Crippen LogP contribution in [0.4, 0.5) is 5.69 Å². The predicted molar refractivity (Wildman–Crippen MR) is 97.4 cm³/mol. The minimum absolute atomic E-state index is 0.0910. The second kappa shape index (κ2) is 7.72. The fourth-order valence-electron chi connectivity index (χ4n) is 2.70. The van der Waals surface area contributed by atoms with Gasteiger partial charge < -0.3 is 10.4 Å². The number of benzene rings is 2. The Bertz CT molecular complexity index is 950. The molecule has 6 nitrogen and oxygen atoms in total. The molecule has 3 aromatic rings. The van der Waals surface area contributed by atoms with Crippen molar-refractivity contribution >= 4 is 22.4 Å². The van der Waals surface area contributed by atoms with Crippen LogP contribution >= 0.6 is 0 Å². The number of hydrogen-bond acceptors (Lipinski definition) is 4. The van der Waals surface area contributed by atoms with E-state index in [4.69, 9.17) is 5.11 Å². The monoisotopic (exact) mass is 337 g/mol. The van der Waals surface area contributed by atoms with Crippen LogP contribution in [0.15, 0.2) is 53.3 Å². The zero-order valence-electron chi connectivity index (χ0n) is 13.7. The third kappa shape index (κ3) is 3.92. The van der Waals surface area contributed by atoms with Gasteiger partial charge in [0.15, 0.2) is 0 Å². The molecule has 1 heterocycles. The van der Waals surface area contributed by atoms with Crippen LogP contribution in [0.5, 0.6) is 0 Å². The van der Waals surface area contributed by atoms with Gasteiger partial charge in [0.25, 0.3) is 5.56 Å². The summed E-state index contributed by atoms with van der Waals surface area (Å²) < 4.78 is 0. The largest absolute Gasteiger partial charge is 0.396 e. The fourth-order valence-corrected chi connectivity index (χ4v) is 2.70. The summed E-state index contributed by atoms with van der Waals surface area (Å²) in [5.41, 5.74) is 1.91. The Morgan fingerprint density at radius 2 is 1.88 bits per heavy atom. The molecule has 0 atom stereocenters.